The Bertz CT molecular complexity index is 125. The van der Waals surface area contributed by atoms with Gasteiger partial charge in [0.15, 0.2) is 6.29 Å². The van der Waals surface area contributed by atoms with Crippen molar-refractivity contribution in [1.82, 2.24) is 0 Å². The van der Waals surface area contributed by atoms with Gasteiger partial charge in [-0.2, -0.15) is 0 Å². The summed E-state index contributed by atoms with van der Waals surface area (Å²) in [5, 5.41) is 9.21. The van der Waals surface area contributed by atoms with Crippen LogP contribution in [0, 0.1) is 0 Å². The van der Waals surface area contributed by atoms with Gasteiger partial charge >= 0.3 is 0 Å². The van der Waals surface area contributed by atoms with E-state index in [0.29, 0.717) is 13.2 Å². The van der Waals surface area contributed by atoms with Gasteiger partial charge in [0.1, 0.15) is 6.10 Å². The average Bonchev–Trinajstić information content (AvgIpc) is 2.03. The molecule has 0 spiro atoms. The summed E-state index contributed by atoms with van der Waals surface area (Å²) in [5.41, 5.74) is 0. The molecule has 1 heterocycles. The minimum atomic E-state index is -0.747. The van der Waals surface area contributed by atoms with Crippen molar-refractivity contribution in [3.8, 4) is 0 Å². The second-order valence-corrected chi connectivity index (χ2v) is 2.56. The lowest BCUT2D eigenvalue weighted by Crippen LogP contribution is -2.35. The van der Waals surface area contributed by atoms with E-state index in [1.807, 2.05) is 0 Å². The average molecular weight is 158 g/mol. The molecule has 0 radical (unpaired) electrons. The molecule has 0 aromatic heterocycles. The molecule has 1 saturated heterocycles. The first-order valence-corrected chi connectivity index (χ1v) is 3.87. The topological polar surface area (TPSA) is 38.7 Å². The van der Waals surface area contributed by atoms with Gasteiger partial charge in [-0.05, 0) is 12.8 Å². The van der Waals surface area contributed by atoms with Crippen LogP contribution in [0.25, 0.3) is 0 Å². The molecule has 0 unspecified atom stereocenters. The molecule has 1 rings (SSSR count). The monoisotopic (exact) mass is 158 g/mol. The summed E-state index contributed by atoms with van der Waals surface area (Å²) in [4.78, 5) is 0. The molecule has 0 aromatic rings. The minimum Gasteiger partial charge on any atom is -0.369 e. The van der Waals surface area contributed by atoms with Crippen molar-refractivity contribution in [2.45, 2.75) is 25.2 Å². The molecule has 0 aliphatic carbocycles. The number of hydrogen-bond donors (Lipinski definition) is 1. The first-order chi connectivity index (χ1) is 5.34. The van der Waals surface area contributed by atoms with E-state index >= 15 is 0 Å². The van der Waals surface area contributed by atoms with Gasteiger partial charge in [0.2, 0.25) is 0 Å². The van der Waals surface area contributed by atoms with E-state index in [4.69, 9.17) is 9.47 Å². The van der Waals surface area contributed by atoms with E-state index in [1.54, 1.807) is 6.08 Å². The zero-order valence-corrected chi connectivity index (χ0v) is 6.53. The van der Waals surface area contributed by atoms with E-state index in [0.717, 1.165) is 12.8 Å². The molecule has 11 heavy (non-hydrogen) atoms. The van der Waals surface area contributed by atoms with Gasteiger partial charge in [0.25, 0.3) is 0 Å². The fourth-order valence-corrected chi connectivity index (χ4v) is 1.10. The molecule has 1 aliphatic rings. The summed E-state index contributed by atoms with van der Waals surface area (Å²) in [7, 11) is 0. The number of aliphatic hydroxyl groups is 1. The van der Waals surface area contributed by atoms with Gasteiger partial charge in [-0.15, -0.1) is 6.58 Å². The Morgan fingerprint density at radius 1 is 1.73 bits per heavy atom. The van der Waals surface area contributed by atoms with E-state index in [2.05, 4.69) is 6.58 Å². The van der Waals surface area contributed by atoms with Crippen LogP contribution in [0.4, 0.5) is 0 Å². The summed E-state index contributed by atoms with van der Waals surface area (Å²) in [6, 6.07) is 0. The minimum absolute atomic E-state index is 0.165. The molecule has 0 bridgehead atoms. The number of aliphatic hydroxyl groups excluding tert-OH is 1. The van der Waals surface area contributed by atoms with Gasteiger partial charge in [-0.1, -0.05) is 6.08 Å². The van der Waals surface area contributed by atoms with Crippen LogP contribution in [-0.2, 0) is 9.47 Å². The predicted octanol–water partition coefficient (Wildman–Crippen LogP) is 0.686. The Kier molecular flexibility index (Phi) is 3.56. The summed E-state index contributed by atoms with van der Waals surface area (Å²) >= 11 is 0. The molecule has 3 heteroatoms. The predicted molar refractivity (Wildman–Crippen MR) is 41.1 cm³/mol. The Balaban J connectivity index is 2.23. The summed E-state index contributed by atoms with van der Waals surface area (Å²) < 4.78 is 10.2. The molecule has 0 saturated carbocycles. The Morgan fingerprint density at radius 3 is 3.18 bits per heavy atom. The van der Waals surface area contributed by atoms with Gasteiger partial charge in [-0.3, -0.25) is 0 Å². The van der Waals surface area contributed by atoms with Crippen molar-refractivity contribution in [2.24, 2.45) is 0 Å². The lowest BCUT2D eigenvalue weighted by molar-refractivity contribution is -0.198. The maximum Gasteiger partial charge on any atom is 0.181 e. The van der Waals surface area contributed by atoms with Crippen LogP contribution >= 0.6 is 0 Å². The van der Waals surface area contributed by atoms with Crippen molar-refractivity contribution in [3.05, 3.63) is 12.7 Å². The van der Waals surface area contributed by atoms with Crippen LogP contribution < -0.4 is 0 Å². The second-order valence-electron chi connectivity index (χ2n) is 2.56. The van der Waals surface area contributed by atoms with Crippen molar-refractivity contribution in [1.29, 1.82) is 0 Å². The van der Waals surface area contributed by atoms with Gasteiger partial charge < -0.3 is 14.6 Å². The van der Waals surface area contributed by atoms with Crippen LogP contribution in [0.2, 0.25) is 0 Å². The summed E-state index contributed by atoms with van der Waals surface area (Å²) in [6.07, 6.45) is 2.58. The third kappa shape index (κ3) is 2.61. The van der Waals surface area contributed by atoms with Crippen LogP contribution in [0.5, 0.6) is 0 Å². The maximum absolute atomic E-state index is 9.21. The fraction of sp³-hybridized carbons (Fsp3) is 0.750. The summed E-state index contributed by atoms with van der Waals surface area (Å²) in [6.45, 7) is 4.63. The highest BCUT2D eigenvalue weighted by Gasteiger charge is 2.23. The van der Waals surface area contributed by atoms with E-state index in [9.17, 15) is 5.11 Å². The van der Waals surface area contributed by atoms with Crippen molar-refractivity contribution in [3.63, 3.8) is 0 Å². The van der Waals surface area contributed by atoms with E-state index < -0.39 is 6.29 Å². The number of ether oxygens (including phenoxy) is 2. The summed E-state index contributed by atoms with van der Waals surface area (Å²) in [5.74, 6) is 0. The fourth-order valence-electron chi connectivity index (χ4n) is 1.10. The zero-order chi connectivity index (χ0) is 8.10. The molecule has 1 fully saturated rings. The lowest BCUT2D eigenvalue weighted by atomic mass is 10.1. The second kappa shape index (κ2) is 4.49. The Hall–Kier alpha value is -0.380. The third-order valence-electron chi connectivity index (χ3n) is 1.67. The first-order valence-electron chi connectivity index (χ1n) is 3.87. The van der Waals surface area contributed by atoms with Gasteiger partial charge in [-0.25, -0.2) is 0 Å². The quantitative estimate of drug-likeness (QED) is 0.614. The Morgan fingerprint density at radius 2 is 2.55 bits per heavy atom. The normalized spacial score (nSPS) is 31.7. The van der Waals surface area contributed by atoms with Crippen molar-refractivity contribution < 1.29 is 14.6 Å². The smallest absolute Gasteiger partial charge is 0.181 e. The zero-order valence-electron chi connectivity index (χ0n) is 6.53. The van der Waals surface area contributed by atoms with Gasteiger partial charge in [0.05, 0.1) is 6.61 Å². The molecule has 0 amide bonds. The standard InChI is InChI=1S/C8H14O3/c1-2-5-10-7-4-3-6-11-8(7)9/h2,7-9H,1,3-6H2/t7-,8-/m0/s1. The highest BCUT2D eigenvalue weighted by atomic mass is 16.6. The van der Waals surface area contributed by atoms with Crippen molar-refractivity contribution >= 4 is 0 Å². The number of rotatable bonds is 3. The highest BCUT2D eigenvalue weighted by Crippen LogP contribution is 2.14. The maximum atomic E-state index is 9.21. The van der Waals surface area contributed by atoms with Crippen LogP contribution in [-0.4, -0.2) is 30.7 Å². The Labute approximate surface area is 66.6 Å². The first kappa shape index (κ1) is 8.71. The molecule has 2 atom stereocenters. The lowest BCUT2D eigenvalue weighted by Gasteiger charge is -2.27. The highest BCUT2D eigenvalue weighted by molar-refractivity contribution is 4.70. The van der Waals surface area contributed by atoms with Crippen LogP contribution in [0.1, 0.15) is 12.8 Å². The SMILES string of the molecule is C=CCO[C@H]1CCCO[C@@H]1O. The molecule has 64 valence electrons. The van der Waals surface area contributed by atoms with Gasteiger partial charge in [0, 0.05) is 6.61 Å². The molecule has 0 aromatic carbocycles. The van der Waals surface area contributed by atoms with Crippen LogP contribution in [0.3, 0.4) is 0 Å². The molecular formula is C8H14O3. The molecule has 3 nitrogen and oxygen atoms in total. The van der Waals surface area contributed by atoms with E-state index in [-0.39, 0.29) is 6.10 Å². The molecule has 1 N–H and O–H groups in total. The van der Waals surface area contributed by atoms with Crippen molar-refractivity contribution in [2.75, 3.05) is 13.2 Å². The number of hydrogen-bond acceptors (Lipinski definition) is 3. The van der Waals surface area contributed by atoms with Crippen LogP contribution in [0.15, 0.2) is 12.7 Å². The largest absolute Gasteiger partial charge is 0.369 e. The third-order valence-corrected chi connectivity index (χ3v) is 1.67. The molecular weight excluding hydrogens is 144 g/mol. The molecule has 1 aliphatic heterocycles. The van der Waals surface area contributed by atoms with E-state index in [1.165, 1.54) is 0 Å².